The second kappa shape index (κ2) is 6.07. The Morgan fingerprint density at radius 1 is 1.41 bits per heavy atom. The summed E-state index contributed by atoms with van der Waals surface area (Å²) in [5.74, 6) is 0.566. The maximum Gasteiger partial charge on any atom is 0.387 e. The number of rotatable bonds is 7. The van der Waals surface area contributed by atoms with Crippen molar-refractivity contribution in [2.45, 2.75) is 27.2 Å². The molecule has 0 saturated heterocycles. The molecule has 0 radical (unpaired) electrons. The number of anilines is 1. The van der Waals surface area contributed by atoms with E-state index in [1.807, 2.05) is 25.7 Å². The van der Waals surface area contributed by atoms with Gasteiger partial charge in [0.2, 0.25) is 5.82 Å². The van der Waals surface area contributed by atoms with Crippen LogP contribution in [0.5, 0.6) is 5.75 Å². The predicted octanol–water partition coefficient (Wildman–Crippen LogP) is 1.95. The van der Waals surface area contributed by atoms with Crippen molar-refractivity contribution in [3.63, 3.8) is 0 Å². The van der Waals surface area contributed by atoms with Gasteiger partial charge in [-0.2, -0.15) is 0 Å². The fraction of sp³-hybridized carbons (Fsp3) is 0.700. The summed E-state index contributed by atoms with van der Waals surface area (Å²) in [6.07, 6.45) is 0.792. The van der Waals surface area contributed by atoms with Gasteiger partial charge in [-0.05, 0) is 25.2 Å². The molecule has 1 aromatic heterocycles. The average molecular weight is 242 g/mol. The topological polar surface area (TPSA) is 84.3 Å². The molecule has 1 aromatic rings. The average Bonchev–Trinajstić information content (AvgIpc) is 2.72. The highest BCUT2D eigenvalue weighted by Gasteiger charge is 2.26. The maximum atomic E-state index is 10.8. The summed E-state index contributed by atoms with van der Waals surface area (Å²) in [6.45, 7) is 7.76. The zero-order chi connectivity index (χ0) is 12.8. The Balaban J connectivity index is 3.07. The first kappa shape index (κ1) is 13.3. The lowest BCUT2D eigenvalue weighted by Crippen LogP contribution is -2.23. The third kappa shape index (κ3) is 2.86. The quantitative estimate of drug-likeness (QED) is 0.583. The van der Waals surface area contributed by atoms with Gasteiger partial charge >= 0.3 is 5.82 Å². The molecule has 1 rings (SSSR count). The lowest BCUT2D eigenvalue weighted by Gasteiger charge is -2.17. The van der Waals surface area contributed by atoms with E-state index < -0.39 is 4.92 Å². The van der Waals surface area contributed by atoms with E-state index in [4.69, 9.17) is 4.74 Å². The zero-order valence-electron chi connectivity index (χ0n) is 10.4. The summed E-state index contributed by atoms with van der Waals surface area (Å²) >= 11 is 0. The number of nitrogens with one attached hydrogen (secondary N) is 1. The summed E-state index contributed by atoms with van der Waals surface area (Å²) in [5, 5.41) is 17.2. The molecular weight excluding hydrogens is 224 g/mol. The summed E-state index contributed by atoms with van der Waals surface area (Å²) in [5.41, 5.74) is 0. The van der Waals surface area contributed by atoms with Gasteiger partial charge in [-0.25, -0.2) is 0 Å². The van der Waals surface area contributed by atoms with Gasteiger partial charge in [-0.15, -0.1) is 5.10 Å². The SMILES string of the molecule is CCCOc1c(N(CC)CC)n[nH]c1[N+](=O)[O-]. The molecule has 0 aromatic carbocycles. The highest BCUT2D eigenvalue weighted by Crippen LogP contribution is 2.34. The van der Waals surface area contributed by atoms with Crippen molar-refractivity contribution in [2.75, 3.05) is 24.6 Å². The minimum absolute atomic E-state index is 0.180. The fourth-order valence-corrected chi connectivity index (χ4v) is 1.51. The van der Waals surface area contributed by atoms with Crippen LogP contribution in [-0.4, -0.2) is 34.8 Å². The number of nitrogens with zero attached hydrogens (tertiary/aromatic N) is 3. The monoisotopic (exact) mass is 242 g/mol. The standard InChI is InChI=1S/C10H18N4O3/c1-4-7-17-8-9(13(5-2)6-3)11-12-10(8)14(15)16/h4-7H2,1-3H3,(H,11,12). The van der Waals surface area contributed by atoms with Crippen LogP contribution in [0.15, 0.2) is 0 Å². The Morgan fingerprint density at radius 3 is 2.53 bits per heavy atom. The van der Waals surface area contributed by atoms with Crippen LogP contribution in [0, 0.1) is 10.1 Å². The van der Waals surface area contributed by atoms with Gasteiger partial charge in [0.1, 0.15) is 0 Å². The summed E-state index contributed by atoms with van der Waals surface area (Å²) < 4.78 is 5.43. The van der Waals surface area contributed by atoms with Crippen molar-refractivity contribution < 1.29 is 9.66 Å². The maximum absolute atomic E-state index is 10.8. The van der Waals surface area contributed by atoms with Crippen molar-refractivity contribution in [1.82, 2.24) is 10.2 Å². The van der Waals surface area contributed by atoms with Gasteiger partial charge in [-0.1, -0.05) is 12.0 Å². The fourth-order valence-electron chi connectivity index (χ4n) is 1.51. The normalized spacial score (nSPS) is 10.3. The second-order valence-electron chi connectivity index (χ2n) is 3.50. The van der Waals surface area contributed by atoms with Crippen LogP contribution >= 0.6 is 0 Å². The number of hydrogen-bond acceptors (Lipinski definition) is 5. The number of ether oxygens (including phenoxy) is 1. The van der Waals surface area contributed by atoms with Gasteiger partial charge in [0, 0.05) is 13.1 Å². The van der Waals surface area contributed by atoms with Crippen molar-refractivity contribution in [1.29, 1.82) is 0 Å². The molecular formula is C10H18N4O3. The first-order chi connectivity index (χ1) is 8.15. The Hall–Kier alpha value is -1.79. The largest absolute Gasteiger partial charge is 0.483 e. The van der Waals surface area contributed by atoms with E-state index in [0.717, 1.165) is 19.5 Å². The van der Waals surface area contributed by atoms with Crippen LogP contribution in [0.1, 0.15) is 27.2 Å². The van der Waals surface area contributed by atoms with Gasteiger partial charge in [0.15, 0.2) is 0 Å². The van der Waals surface area contributed by atoms with Crippen molar-refractivity contribution in [3.05, 3.63) is 10.1 Å². The molecule has 0 aliphatic heterocycles. The number of aromatic nitrogens is 2. The van der Waals surface area contributed by atoms with E-state index in [1.165, 1.54) is 0 Å². The Morgan fingerprint density at radius 2 is 2.06 bits per heavy atom. The number of H-pyrrole nitrogens is 1. The Labute approximate surface area is 99.9 Å². The third-order valence-electron chi connectivity index (χ3n) is 2.38. The highest BCUT2D eigenvalue weighted by atomic mass is 16.6. The molecule has 0 atom stereocenters. The van der Waals surface area contributed by atoms with Crippen LogP contribution in [0.2, 0.25) is 0 Å². The molecule has 17 heavy (non-hydrogen) atoms. The van der Waals surface area contributed by atoms with E-state index >= 15 is 0 Å². The first-order valence-corrected chi connectivity index (χ1v) is 5.76. The summed E-state index contributed by atoms with van der Waals surface area (Å²) in [7, 11) is 0. The molecule has 0 fully saturated rings. The molecule has 0 aliphatic carbocycles. The predicted molar refractivity (Wildman–Crippen MR) is 64.6 cm³/mol. The van der Waals surface area contributed by atoms with E-state index in [0.29, 0.717) is 12.4 Å². The van der Waals surface area contributed by atoms with E-state index in [9.17, 15) is 10.1 Å². The molecule has 0 amide bonds. The third-order valence-corrected chi connectivity index (χ3v) is 2.38. The van der Waals surface area contributed by atoms with Crippen LogP contribution in [0.4, 0.5) is 11.6 Å². The molecule has 7 heteroatoms. The minimum atomic E-state index is -0.509. The lowest BCUT2D eigenvalue weighted by atomic mass is 10.4. The van der Waals surface area contributed by atoms with Crippen LogP contribution < -0.4 is 9.64 Å². The second-order valence-corrected chi connectivity index (χ2v) is 3.50. The number of aromatic amines is 1. The molecule has 7 nitrogen and oxygen atoms in total. The van der Waals surface area contributed by atoms with Gasteiger partial charge in [0.05, 0.1) is 6.61 Å². The molecule has 0 aliphatic rings. The van der Waals surface area contributed by atoms with E-state index in [1.54, 1.807) is 0 Å². The van der Waals surface area contributed by atoms with Crippen LogP contribution in [0.3, 0.4) is 0 Å². The van der Waals surface area contributed by atoms with Gasteiger partial charge in [0.25, 0.3) is 5.75 Å². The zero-order valence-corrected chi connectivity index (χ0v) is 10.4. The van der Waals surface area contributed by atoms with Crippen molar-refractivity contribution in [2.24, 2.45) is 0 Å². The van der Waals surface area contributed by atoms with Gasteiger partial charge in [-0.3, -0.25) is 0 Å². The molecule has 0 spiro atoms. The molecule has 0 bridgehead atoms. The lowest BCUT2D eigenvalue weighted by molar-refractivity contribution is -0.390. The van der Waals surface area contributed by atoms with Crippen molar-refractivity contribution >= 4 is 11.6 Å². The summed E-state index contributed by atoms with van der Waals surface area (Å²) in [6, 6.07) is 0. The Kier molecular flexibility index (Phi) is 4.74. The van der Waals surface area contributed by atoms with Crippen LogP contribution in [0.25, 0.3) is 0 Å². The molecule has 1 N–H and O–H groups in total. The van der Waals surface area contributed by atoms with E-state index in [-0.39, 0.29) is 11.6 Å². The molecule has 96 valence electrons. The molecule has 1 heterocycles. The minimum Gasteiger partial charge on any atom is -0.483 e. The number of nitro groups is 1. The number of hydrogen-bond donors (Lipinski definition) is 1. The Bertz CT molecular complexity index is 374. The molecule has 0 unspecified atom stereocenters. The van der Waals surface area contributed by atoms with Crippen LogP contribution in [-0.2, 0) is 0 Å². The van der Waals surface area contributed by atoms with Crippen molar-refractivity contribution in [3.8, 4) is 5.75 Å². The smallest absolute Gasteiger partial charge is 0.387 e. The molecule has 0 saturated carbocycles. The van der Waals surface area contributed by atoms with E-state index in [2.05, 4.69) is 10.2 Å². The first-order valence-electron chi connectivity index (χ1n) is 5.76. The summed E-state index contributed by atoms with van der Waals surface area (Å²) in [4.78, 5) is 12.2. The highest BCUT2D eigenvalue weighted by molar-refractivity contribution is 5.60. The van der Waals surface area contributed by atoms with Gasteiger partial charge < -0.3 is 19.8 Å².